The summed E-state index contributed by atoms with van der Waals surface area (Å²) in [5.41, 5.74) is 6.24. The highest BCUT2D eigenvalue weighted by atomic mass is 19.1. The standard InChI is InChI=1S/C37H43FN4O3/c1-5-7-17-40(18-8-6-2)37(45)34-20-26(4)42(39-34)35-16-14-29(28-13-15-33(38)25(3)19-28)22-32(35)36(44)41-23-30-12-10-9-11-27(30)21-31(41)24-43/h9-16,19-20,22,31,43H,5-8,17-18,21,23-24H2,1-4H3/t31-/m0/s1. The second-order valence-corrected chi connectivity index (χ2v) is 12.0. The summed E-state index contributed by atoms with van der Waals surface area (Å²) in [5, 5.41) is 15.1. The molecule has 5 rings (SSSR count). The minimum Gasteiger partial charge on any atom is -0.394 e. The molecule has 236 valence electrons. The molecule has 1 aromatic heterocycles. The number of nitrogens with zero attached hydrogens (tertiary/aromatic N) is 4. The summed E-state index contributed by atoms with van der Waals surface area (Å²) >= 11 is 0. The van der Waals surface area contributed by atoms with Crippen LogP contribution in [-0.4, -0.2) is 62.2 Å². The minimum absolute atomic E-state index is 0.113. The predicted octanol–water partition coefficient (Wildman–Crippen LogP) is 6.90. The predicted molar refractivity (Wildman–Crippen MR) is 175 cm³/mol. The van der Waals surface area contributed by atoms with E-state index in [0.29, 0.717) is 48.6 Å². The average Bonchev–Trinajstić information content (AvgIpc) is 3.45. The summed E-state index contributed by atoms with van der Waals surface area (Å²) in [6, 6.07) is 19.8. The molecular formula is C37H43FN4O3. The van der Waals surface area contributed by atoms with E-state index in [-0.39, 0.29) is 24.2 Å². The second-order valence-electron chi connectivity index (χ2n) is 12.0. The summed E-state index contributed by atoms with van der Waals surface area (Å²) in [7, 11) is 0. The highest BCUT2D eigenvalue weighted by molar-refractivity contribution is 6.00. The Morgan fingerprint density at radius 1 is 0.933 bits per heavy atom. The van der Waals surface area contributed by atoms with Crippen molar-refractivity contribution in [2.45, 2.75) is 72.4 Å². The van der Waals surface area contributed by atoms with E-state index in [2.05, 4.69) is 13.8 Å². The lowest BCUT2D eigenvalue weighted by Gasteiger charge is -2.36. The number of hydrogen-bond donors (Lipinski definition) is 1. The molecule has 0 unspecified atom stereocenters. The van der Waals surface area contributed by atoms with Crippen LogP contribution >= 0.6 is 0 Å². The van der Waals surface area contributed by atoms with Crippen LogP contribution in [0.25, 0.3) is 16.8 Å². The first-order valence-corrected chi connectivity index (χ1v) is 16.0. The van der Waals surface area contributed by atoms with Crippen LogP contribution in [0.5, 0.6) is 0 Å². The zero-order chi connectivity index (χ0) is 32.1. The first-order chi connectivity index (χ1) is 21.7. The molecule has 8 heteroatoms. The van der Waals surface area contributed by atoms with Gasteiger partial charge in [-0.15, -0.1) is 0 Å². The zero-order valence-electron chi connectivity index (χ0n) is 26.7. The lowest BCUT2D eigenvalue weighted by Crippen LogP contribution is -2.46. The molecule has 1 aliphatic heterocycles. The van der Waals surface area contributed by atoms with Gasteiger partial charge in [0, 0.05) is 25.3 Å². The average molecular weight is 611 g/mol. The van der Waals surface area contributed by atoms with E-state index in [1.807, 2.05) is 54.3 Å². The van der Waals surface area contributed by atoms with Crippen molar-refractivity contribution in [1.29, 1.82) is 0 Å². The number of aliphatic hydroxyl groups is 1. The first-order valence-electron chi connectivity index (χ1n) is 16.0. The Labute approximate surface area is 265 Å². The maximum absolute atomic E-state index is 14.5. The quantitative estimate of drug-likeness (QED) is 0.201. The van der Waals surface area contributed by atoms with Crippen molar-refractivity contribution in [1.82, 2.24) is 19.6 Å². The van der Waals surface area contributed by atoms with Crippen LogP contribution in [0.3, 0.4) is 0 Å². The van der Waals surface area contributed by atoms with Gasteiger partial charge in [0.1, 0.15) is 5.82 Å². The van der Waals surface area contributed by atoms with Gasteiger partial charge in [-0.3, -0.25) is 9.59 Å². The molecule has 0 saturated carbocycles. The van der Waals surface area contributed by atoms with Gasteiger partial charge in [-0.05, 0) is 91.3 Å². The van der Waals surface area contributed by atoms with Crippen molar-refractivity contribution >= 4 is 11.8 Å². The van der Waals surface area contributed by atoms with Crippen molar-refractivity contribution in [3.8, 4) is 16.8 Å². The molecule has 3 aromatic carbocycles. The van der Waals surface area contributed by atoms with Gasteiger partial charge in [-0.25, -0.2) is 9.07 Å². The van der Waals surface area contributed by atoms with E-state index in [0.717, 1.165) is 53.6 Å². The number of aromatic nitrogens is 2. The van der Waals surface area contributed by atoms with Crippen molar-refractivity contribution < 1.29 is 19.1 Å². The van der Waals surface area contributed by atoms with Gasteiger partial charge in [0.2, 0.25) is 0 Å². The molecule has 2 amide bonds. The van der Waals surface area contributed by atoms with Crippen molar-refractivity contribution in [3.05, 3.63) is 106 Å². The van der Waals surface area contributed by atoms with Gasteiger partial charge >= 0.3 is 0 Å². The smallest absolute Gasteiger partial charge is 0.274 e. The van der Waals surface area contributed by atoms with Crippen LogP contribution in [0.15, 0.2) is 66.7 Å². The summed E-state index contributed by atoms with van der Waals surface area (Å²) in [6.07, 6.45) is 4.37. The third kappa shape index (κ3) is 6.86. The van der Waals surface area contributed by atoms with Crippen LogP contribution in [-0.2, 0) is 13.0 Å². The Hall–Kier alpha value is -4.30. The van der Waals surface area contributed by atoms with Gasteiger partial charge in [0.05, 0.1) is 23.9 Å². The molecular weight excluding hydrogens is 567 g/mol. The number of hydrogen-bond acceptors (Lipinski definition) is 4. The molecule has 0 fully saturated rings. The van der Waals surface area contributed by atoms with Gasteiger partial charge < -0.3 is 14.9 Å². The summed E-state index contributed by atoms with van der Waals surface area (Å²) < 4.78 is 15.8. The summed E-state index contributed by atoms with van der Waals surface area (Å²) in [4.78, 5) is 31.7. The van der Waals surface area contributed by atoms with E-state index in [1.54, 1.807) is 34.7 Å². The van der Waals surface area contributed by atoms with E-state index in [4.69, 9.17) is 5.10 Å². The zero-order valence-corrected chi connectivity index (χ0v) is 26.7. The number of carbonyl (C=O) groups excluding carboxylic acids is 2. The Morgan fingerprint density at radius 2 is 1.60 bits per heavy atom. The molecule has 4 aromatic rings. The molecule has 0 saturated heterocycles. The topological polar surface area (TPSA) is 78.7 Å². The molecule has 0 spiro atoms. The van der Waals surface area contributed by atoms with Crippen LogP contribution < -0.4 is 0 Å². The molecule has 0 aliphatic carbocycles. The van der Waals surface area contributed by atoms with E-state index in [9.17, 15) is 19.1 Å². The fourth-order valence-corrected chi connectivity index (χ4v) is 6.04. The second kappa shape index (κ2) is 14.2. The maximum Gasteiger partial charge on any atom is 0.274 e. The summed E-state index contributed by atoms with van der Waals surface area (Å²) in [5.74, 6) is -0.645. The van der Waals surface area contributed by atoms with Gasteiger partial charge in [0.25, 0.3) is 11.8 Å². The number of unbranched alkanes of at least 4 members (excludes halogenated alkanes) is 2. The molecule has 0 radical (unpaired) electrons. The Bertz CT molecular complexity index is 1670. The third-order valence-electron chi connectivity index (χ3n) is 8.73. The normalized spacial score (nSPS) is 14.4. The number of rotatable bonds is 11. The Balaban J connectivity index is 1.59. The minimum atomic E-state index is -0.390. The van der Waals surface area contributed by atoms with E-state index >= 15 is 0 Å². The van der Waals surface area contributed by atoms with Crippen molar-refractivity contribution in [2.24, 2.45) is 0 Å². The number of carbonyl (C=O) groups is 2. The SMILES string of the molecule is CCCCN(CCCC)C(=O)c1cc(C)n(-c2ccc(-c3ccc(F)c(C)c3)cc2C(=O)N2Cc3ccccc3C[C@H]2CO)n1. The number of aryl methyl sites for hydroxylation is 2. The maximum atomic E-state index is 14.5. The molecule has 1 aliphatic rings. The van der Waals surface area contributed by atoms with Gasteiger partial charge in [-0.1, -0.05) is 63.1 Å². The molecule has 1 atom stereocenters. The molecule has 1 N–H and O–H groups in total. The van der Waals surface area contributed by atoms with E-state index < -0.39 is 6.04 Å². The van der Waals surface area contributed by atoms with Crippen molar-refractivity contribution in [2.75, 3.05) is 19.7 Å². The third-order valence-corrected chi connectivity index (χ3v) is 8.73. The van der Waals surface area contributed by atoms with Crippen LogP contribution in [0, 0.1) is 19.7 Å². The van der Waals surface area contributed by atoms with Gasteiger partial charge in [0.15, 0.2) is 5.69 Å². The van der Waals surface area contributed by atoms with Crippen LogP contribution in [0.4, 0.5) is 4.39 Å². The summed E-state index contributed by atoms with van der Waals surface area (Å²) in [6.45, 7) is 9.36. The highest BCUT2D eigenvalue weighted by Crippen LogP contribution is 2.31. The number of benzene rings is 3. The number of amides is 2. The monoisotopic (exact) mass is 610 g/mol. The molecule has 0 bridgehead atoms. The van der Waals surface area contributed by atoms with Crippen LogP contribution in [0.2, 0.25) is 0 Å². The van der Waals surface area contributed by atoms with Gasteiger partial charge in [-0.2, -0.15) is 5.10 Å². The fourth-order valence-electron chi connectivity index (χ4n) is 6.04. The molecule has 2 heterocycles. The first kappa shape index (κ1) is 32.1. The Morgan fingerprint density at radius 3 is 2.27 bits per heavy atom. The lowest BCUT2D eigenvalue weighted by atomic mass is 9.93. The number of halogens is 1. The highest BCUT2D eigenvalue weighted by Gasteiger charge is 2.32. The largest absolute Gasteiger partial charge is 0.394 e. The molecule has 7 nitrogen and oxygen atoms in total. The van der Waals surface area contributed by atoms with Crippen molar-refractivity contribution in [3.63, 3.8) is 0 Å². The number of fused-ring (bicyclic) bond motifs is 1. The Kier molecular flexibility index (Phi) is 10.1. The number of aliphatic hydroxyl groups excluding tert-OH is 1. The lowest BCUT2D eigenvalue weighted by molar-refractivity contribution is 0.0544. The van der Waals surface area contributed by atoms with Crippen LogP contribution in [0.1, 0.15) is 82.8 Å². The fraction of sp³-hybridized carbons (Fsp3) is 0.378. The van der Waals surface area contributed by atoms with E-state index in [1.165, 1.54) is 6.07 Å². The molecule has 45 heavy (non-hydrogen) atoms.